The van der Waals surface area contributed by atoms with Gasteiger partial charge in [-0.3, -0.25) is 9.59 Å². The number of likely N-dealkylation sites (tertiary alicyclic amines) is 1. The maximum Gasteiger partial charge on any atom is 0.247 e. The molecule has 4 aliphatic carbocycles. The quantitative estimate of drug-likeness (QED) is 0.842. The van der Waals surface area contributed by atoms with Gasteiger partial charge in [-0.2, -0.15) is 0 Å². The molecule has 1 heterocycles. The third-order valence-electron chi connectivity index (χ3n) is 7.94. The van der Waals surface area contributed by atoms with E-state index in [-0.39, 0.29) is 17.4 Å². The Morgan fingerprint density at radius 2 is 1.64 bits per heavy atom. The van der Waals surface area contributed by atoms with E-state index in [0.29, 0.717) is 5.91 Å². The molecule has 1 aromatic rings. The van der Waals surface area contributed by atoms with E-state index in [1.165, 1.54) is 24.8 Å². The summed E-state index contributed by atoms with van der Waals surface area (Å²) in [5, 5.41) is 3.06. The van der Waals surface area contributed by atoms with Crippen molar-refractivity contribution in [2.75, 3.05) is 11.9 Å². The van der Waals surface area contributed by atoms with Gasteiger partial charge in [-0.1, -0.05) is 19.1 Å². The van der Waals surface area contributed by atoms with Crippen molar-refractivity contribution in [3.63, 3.8) is 0 Å². The number of rotatable bonds is 4. The van der Waals surface area contributed by atoms with Crippen molar-refractivity contribution in [3.05, 3.63) is 29.8 Å². The minimum atomic E-state index is -0.300. The molecule has 1 N–H and O–H groups in total. The summed E-state index contributed by atoms with van der Waals surface area (Å²) in [6.07, 6.45) is 9.94. The van der Waals surface area contributed by atoms with Crippen LogP contribution >= 0.6 is 0 Å². The number of aryl methyl sites for hydroxylation is 1. The van der Waals surface area contributed by atoms with Crippen molar-refractivity contribution in [2.45, 2.75) is 70.8 Å². The van der Waals surface area contributed by atoms with Gasteiger partial charge in [0.15, 0.2) is 0 Å². The monoisotopic (exact) mass is 380 g/mol. The van der Waals surface area contributed by atoms with E-state index in [2.05, 4.69) is 24.4 Å². The first kappa shape index (κ1) is 18.2. The smallest absolute Gasteiger partial charge is 0.247 e. The lowest BCUT2D eigenvalue weighted by atomic mass is 9.49. The van der Waals surface area contributed by atoms with Crippen LogP contribution in [0.3, 0.4) is 0 Å². The summed E-state index contributed by atoms with van der Waals surface area (Å²) in [4.78, 5) is 28.6. The predicted molar refractivity (Wildman–Crippen MR) is 110 cm³/mol. The minimum Gasteiger partial charge on any atom is -0.330 e. The van der Waals surface area contributed by atoms with E-state index in [0.717, 1.165) is 68.5 Å². The largest absolute Gasteiger partial charge is 0.330 e. The highest BCUT2D eigenvalue weighted by Gasteiger charge is 2.56. The molecule has 0 radical (unpaired) electrons. The molecule has 150 valence electrons. The molecular weight excluding hydrogens is 348 g/mol. The van der Waals surface area contributed by atoms with Gasteiger partial charge in [0.25, 0.3) is 0 Å². The van der Waals surface area contributed by atoms with E-state index < -0.39 is 0 Å². The standard InChI is InChI=1S/C24H32N2O2/c1-2-16-5-7-20(8-6-16)25-22(27)21-4-3-9-26(21)23(28)24-13-17-10-18(14-24)12-19(11-17)15-24/h5-8,17-19,21H,2-4,9-15H2,1H3,(H,25,27). The summed E-state index contributed by atoms with van der Waals surface area (Å²) in [6, 6.07) is 7.75. The van der Waals surface area contributed by atoms with E-state index in [1.807, 2.05) is 17.0 Å². The molecule has 0 spiro atoms. The number of carbonyl (C=O) groups excluding carboxylic acids is 2. The van der Waals surface area contributed by atoms with Gasteiger partial charge in [0.05, 0.1) is 5.41 Å². The lowest BCUT2D eigenvalue weighted by Gasteiger charge is -2.56. The van der Waals surface area contributed by atoms with Crippen molar-refractivity contribution >= 4 is 17.5 Å². The van der Waals surface area contributed by atoms with E-state index in [4.69, 9.17) is 0 Å². The zero-order valence-corrected chi connectivity index (χ0v) is 17.0. The van der Waals surface area contributed by atoms with Gasteiger partial charge in [-0.05, 0) is 93.2 Å². The Kier molecular flexibility index (Phi) is 4.48. The van der Waals surface area contributed by atoms with E-state index in [1.54, 1.807) is 0 Å². The molecule has 4 nitrogen and oxygen atoms in total. The van der Waals surface area contributed by atoms with Crippen LogP contribution in [0.15, 0.2) is 24.3 Å². The third-order valence-corrected chi connectivity index (χ3v) is 7.94. The molecule has 5 fully saturated rings. The number of nitrogens with zero attached hydrogens (tertiary/aromatic N) is 1. The van der Waals surface area contributed by atoms with Crippen molar-refractivity contribution < 1.29 is 9.59 Å². The average molecular weight is 381 g/mol. The summed E-state index contributed by atoms with van der Waals surface area (Å²) < 4.78 is 0. The molecule has 0 aromatic heterocycles. The molecule has 2 amide bonds. The Hall–Kier alpha value is -1.84. The van der Waals surface area contributed by atoms with Crippen LogP contribution in [0.5, 0.6) is 0 Å². The number of amides is 2. The van der Waals surface area contributed by atoms with Crippen LogP contribution < -0.4 is 5.32 Å². The Balaban J connectivity index is 1.31. The predicted octanol–water partition coefficient (Wildman–Crippen LogP) is 4.39. The molecule has 1 aromatic carbocycles. The minimum absolute atomic E-state index is 0.0140. The second kappa shape index (κ2) is 6.89. The SMILES string of the molecule is CCc1ccc(NC(=O)C2CCCN2C(=O)C23CC4CC(CC(C4)C2)C3)cc1. The van der Waals surface area contributed by atoms with Crippen molar-refractivity contribution in [3.8, 4) is 0 Å². The maximum atomic E-state index is 13.7. The van der Waals surface area contributed by atoms with Crippen molar-refractivity contribution in [2.24, 2.45) is 23.2 Å². The highest BCUT2D eigenvalue weighted by molar-refractivity contribution is 5.98. The molecule has 1 aliphatic heterocycles. The highest BCUT2D eigenvalue weighted by atomic mass is 16.2. The molecule has 1 unspecified atom stereocenters. The average Bonchev–Trinajstić information content (AvgIpc) is 3.17. The van der Waals surface area contributed by atoms with E-state index >= 15 is 0 Å². The first-order chi connectivity index (χ1) is 13.6. The third kappa shape index (κ3) is 3.05. The first-order valence-electron chi connectivity index (χ1n) is 11.3. The second-order valence-corrected chi connectivity index (χ2v) is 9.89. The summed E-state index contributed by atoms with van der Waals surface area (Å²) >= 11 is 0. The Morgan fingerprint density at radius 3 is 2.21 bits per heavy atom. The molecule has 1 atom stereocenters. The number of nitrogens with one attached hydrogen (secondary N) is 1. The number of hydrogen-bond donors (Lipinski definition) is 1. The van der Waals surface area contributed by atoms with Crippen LogP contribution in [0.2, 0.25) is 0 Å². The van der Waals surface area contributed by atoms with Crippen LogP contribution in [-0.4, -0.2) is 29.3 Å². The summed E-state index contributed by atoms with van der Waals surface area (Å²) in [7, 11) is 0. The Bertz CT molecular complexity index is 734. The molecule has 4 saturated carbocycles. The number of anilines is 1. The summed E-state index contributed by atoms with van der Waals surface area (Å²) in [6.45, 7) is 2.87. The number of hydrogen-bond acceptors (Lipinski definition) is 2. The van der Waals surface area contributed by atoms with Crippen LogP contribution in [0.1, 0.15) is 63.9 Å². The van der Waals surface area contributed by atoms with E-state index in [9.17, 15) is 9.59 Å². The molecule has 4 heteroatoms. The zero-order valence-electron chi connectivity index (χ0n) is 17.0. The fraction of sp³-hybridized carbons (Fsp3) is 0.667. The van der Waals surface area contributed by atoms with Gasteiger partial charge in [0, 0.05) is 12.2 Å². The van der Waals surface area contributed by atoms with Crippen LogP contribution in [0.25, 0.3) is 0 Å². The Morgan fingerprint density at radius 1 is 1.04 bits per heavy atom. The maximum absolute atomic E-state index is 13.7. The van der Waals surface area contributed by atoms with Gasteiger partial charge < -0.3 is 10.2 Å². The van der Waals surface area contributed by atoms with Gasteiger partial charge in [-0.25, -0.2) is 0 Å². The topological polar surface area (TPSA) is 49.4 Å². The van der Waals surface area contributed by atoms with Gasteiger partial charge in [0.2, 0.25) is 11.8 Å². The Labute approximate surface area is 168 Å². The number of carbonyl (C=O) groups is 2. The van der Waals surface area contributed by atoms with Gasteiger partial charge >= 0.3 is 0 Å². The molecule has 4 bridgehead atoms. The zero-order chi connectivity index (χ0) is 19.3. The highest BCUT2D eigenvalue weighted by Crippen LogP contribution is 2.60. The second-order valence-electron chi connectivity index (χ2n) is 9.89. The molecule has 6 rings (SSSR count). The fourth-order valence-corrected chi connectivity index (χ4v) is 7.01. The van der Waals surface area contributed by atoms with Gasteiger partial charge in [0.1, 0.15) is 6.04 Å². The first-order valence-corrected chi connectivity index (χ1v) is 11.3. The molecule has 1 saturated heterocycles. The van der Waals surface area contributed by atoms with Crippen LogP contribution in [0.4, 0.5) is 5.69 Å². The lowest BCUT2D eigenvalue weighted by Crippen LogP contribution is -2.56. The fourth-order valence-electron chi connectivity index (χ4n) is 7.01. The van der Waals surface area contributed by atoms with Crippen molar-refractivity contribution in [1.82, 2.24) is 4.90 Å². The van der Waals surface area contributed by atoms with Gasteiger partial charge in [-0.15, -0.1) is 0 Å². The number of benzene rings is 1. The molecule has 5 aliphatic rings. The van der Waals surface area contributed by atoms with Crippen LogP contribution in [-0.2, 0) is 16.0 Å². The summed E-state index contributed by atoms with van der Waals surface area (Å²) in [5.74, 6) is 2.54. The van der Waals surface area contributed by atoms with Crippen molar-refractivity contribution in [1.29, 1.82) is 0 Å². The van der Waals surface area contributed by atoms with Crippen LogP contribution in [0, 0.1) is 23.2 Å². The molecule has 28 heavy (non-hydrogen) atoms. The summed E-state index contributed by atoms with van der Waals surface area (Å²) in [5.41, 5.74) is 1.94. The normalized spacial score (nSPS) is 36.0. The lowest BCUT2D eigenvalue weighted by molar-refractivity contribution is -0.160. The molecular formula is C24H32N2O2.